The van der Waals surface area contributed by atoms with Gasteiger partial charge in [-0.25, -0.2) is 4.79 Å². The van der Waals surface area contributed by atoms with E-state index in [1.54, 1.807) is 19.1 Å². The number of carbonyl (C=O) groups excluding carboxylic acids is 2. The lowest BCUT2D eigenvalue weighted by molar-refractivity contribution is -0.123. The summed E-state index contributed by atoms with van der Waals surface area (Å²) < 4.78 is 11.0. The highest BCUT2D eigenvalue weighted by molar-refractivity contribution is 6.07. The molecule has 1 aliphatic carbocycles. The fourth-order valence-corrected chi connectivity index (χ4v) is 4.22. The van der Waals surface area contributed by atoms with Crippen LogP contribution in [0, 0.1) is 5.41 Å². The van der Waals surface area contributed by atoms with Gasteiger partial charge >= 0.3 is 6.03 Å². The van der Waals surface area contributed by atoms with Gasteiger partial charge in [-0.15, -0.1) is 0 Å². The van der Waals surface area contributed by atoms with Crippen molar-refractivity contribution in [3.8, 4) is 11.4 Å². The number of nitrogens with zero attached hydrogens (tertiary/aromatic N) is 2. The molecule has 2 unspecified atom stereocenters. The van der Waals surface area contributed by atoms with Gasteiger partial charge in [-0.1, -0.05) is 29.4 Å². The zero-order chi connectivity index (χ0) is 18.6. The van der Waals surface area contributed by atoms with Gasteiger partial charge in [0.15, 0.2) is 0 Å². The first-order valence-corrected chi connectivity index (χ1v) is 9.16. The van der Waals surface area contributed by atoms with E-state index in [9.17, 15) is 9.59 Å². The number of amides is 3. The molecule has 0 radical (unpaired) electrons. The Kier molecular flexibility index (Phi) is 3.42. The number of rotatable bonds is 3. The summed E-state index contributed by atoms with van der Waals surface area (Å²) in [6.07, 6.45) is 3.19. The molecule has 5 rings (SSSR count). The highest BCUT2D eigenvalue weighted by atomic mass is 16.5. The minimum Gasteiger partial charge on any atom is -0.381 e. The zero-order valence-electron chi connectivity index (χ0n) is 14.9. The van der Waals surface area contributed by atoms with E-state index in [1.807, 2.05) is 12.1 Å². The van der Waals surface area contributed by atoms with E-state index >= 15 is 0 Å². The Hall–Kier alpha value is -2.74. The highest BCUT2D eigenvalue weighted by Gasteiger charge is 2.57. The third kappa shape index (κ3) is 2.55. The van der Waals surface area contributed by atoms with Gasteiger partial charge in [0.25, 0.3) is 5.91 Å². The van der Waals surface area contributed by atoms with Crippen molar-refractivity contribution in [1.29, 1.82) is 0 Å². The Bertz CT molecular complexity index is 916. The van der Waals surface area contributed by atoms with E-state index in [4.69, 9.17) is 9.26 Å². The first kappa shape index (κ1) is 16.4. The molecule has 1 spiro atoms. The van der Waals surface area contributed by atoms with Crippen molar-refractivity contribution < 1.29 is 18.8 Å². The molecule has 2 aliphatic heterocycles. The van der Waals surface area contributed by atoms with Crippen molar-refractivity contribution in [3.05, 3.63) is 35.7 Å². The predicted octanol–water partition coefficient (Wildman–Crippen LogP) is 2.08. The van der Waals surface area contributed by atoms with Crippen LogP contribution in [0.4, 0.5) is 4.79 Å². The SMILES string of the molecule is CC1(c2ccc(-c3noc(C4CC45CCOCC5)n3)cc2)NC(=O)NC1=O. The number of hydrogen-bond donors (Lipinski definition) is 2. The van der Waals surface area contributed by atoms with Crippen molar-refractivity contribution >= 4 is 11.9 Å². The van der Waals surface area contributed by atoms with Crippen molar-refractivity contribution in [2.75, 3.05) is 13.2 Å². The summed E-state index contributed by atoms with van der Waals surface area (Å²) in [6, 6.07) is 6.79. The van der Waals surface area contributed by atoms with Gasteiger partial charge in [0.2, 0.25) is 11.7 Å². The third-order valence-electron chi connectivity index (χ3n) is 6.18. The maximum Gasteiger partial charge on any atom is 0.322 e. The fraction of sp³-hybridized carbons (Fsp3) is 0.474. The van der Waals surface area contributed by atoms with Gasteiger partial charge in [-0.05, 0) is 37.2 Å². The Balaban J connectivity index is 1.35. The number of ether oxygens (including phenoxy) is 1. The lowest BCUT2D eigenvalue weighted by Crippen LogP contribution is -2.40. The number of nitrogens with one attached hydrogen (secondary N) is 2. The molecule has 27 heavy (non-hydrogen) atoms. The van der Waals surface area contributed by atoms with Crippen molar-refractivity contribution in [2.45, 2.75) is 37.6 Å². The molecule has 3 amide bonds. The Morgan fingerprint density at radius 2 is 1.89 bits per heavy atom. The summed E-state index contributed by atoms with van der Waals surface area (Å²) in [7, 11) is 0. The molecule has 2 saturated heterocycles. The number of carbonyl (C=O) groups is 2. The molecule has 1 aromatic carbocycles. The molecule has 2 atom stereocenters. The van der Waals surface area contributed by atoms with Crippen LogP contribution in [0.3, 0.4) is 0 Å². The molecule has 1 aromatic heterocycles. The Labute approximate surface area is 155 Å². The Morgan fingerprint density at radius 3 is 2.56 bits per heavy atom. The van der Waals surface area contributed by atoms with Crippen LogP contribution in [0.5, 0.6) is 0 Å². The molecule has 3 heterocycles. The quantitative estimate of drug-likeness (QED) is 0.804. The van der Waals surface area contributed by atoms with E-state index in [-0.39, 0.29) is 11.3 Å². The van der Waals surface area contributed by atoms with Crippen LogP contribution < -0.4 is 10.6 Å². The molecule has 140 valence electrons. The number of hydrogen-bond acceptors (Lipinski definition) is 6. The van der Waals surface area contributed by atoms with Crippen LogP contribution in [0.15, 0.2) is 28.8 Å². The van der Waals surface area contributed by atoms with E-state index in [1.165, 1.54) is 0 Å². The number of imide groups is 1. The van der Waals surface area contributed by atoms with Crippen LogP contribution in [0.1, 0.15) is 43.6 Å². The molecule has 8 nitrogen and oxygen atoms in total. The maximum atomic E-state index is 12.1. The molecule has 3 aliphatic rings. The molecule has 0 bridgehead atoms. The monoisotopic (exact) mass is 368 g/mol. The molecule has 1 saturated carbocycles. The lowest BCUT2D eigenvalue weighted by atomic mass is 9.91. The van der Waals surface area contributed by atoms with Gasteiger partial charge in [0, 0.05) is 24.7 Å². The fourth-order valence-electron chi connectivity index (χ4n) is 4.22. The smallest absolute Gasteiger partial charge is 0.322 e. The summed E-state index contributed by atoms with van der Waals surface area (Å²) in [6.45, 7) is 3.29. The molecular weight excluding hydrogens is 348 g/mol. The summed E-state index contributed by atoms with van der Waals surface area (Å²) in [5.41, 5.74) is 0.723. The first-order chi connectivity index (χ1) is 13.0. The van der Waals surface area contributed by atoms with Gasteiger partial charge in [-0.3, -0.25) is 10.1 Å². The Morgan fingerprint density at radius 1 is 1.15 bits per heavy atom. The molecule has 2 N–H and O–H groups in total. The maximum absolute atomic E-state index is 12.1. The van der Waals surface area contributed by atoms with Gasteiger partial charge in [0.05, 0.1) is 0 Å². The molecule has 2 aromatic rings. The lowest BCUT2D eigenvalue weighted by Gasteiger charge is -2.21. The predicted molar refractivity (Wildman–Crippen MR) is 93.6 cm³/mol. The number of benzene rings is 1. The summed E-state index contributed by atoms with van der Waals surface area (Å²) in [4.78, 5) is 28.1. The second-order valence-electron chi connectivity index (χ2n) is 7.80. The number of urea groups is 1. The average molecular weight is 368 g/mol. The molecule has 8 heteroatoms. The van der Waals surface area contributed by atoms with Crippen molar-refractivity contribution in [2.24, 2.45) is 5.41 Å². The third-order valence-corrected chi connectivity index (χ3v) is 6.18. The van der Waals surface area contributed by atoms with Gasteiger partial charge < -0.3 is 14.6 Å². The van der Waals surface area contributed by atoms with E-state index in [0.29, 0.717) is 23.2 Å². The van der Waals surface area contributed by atoms with Crippen molar-refractivity contribution in [3.63, 3.8) is 0 Å². The van der Waals surface area contributed by atoms with Crippen LogP contribution in [-0.2, 0) is 15.1 Å². The first-order valence-electron chi connectivity index (χ1n) is 9.16. The minimum atomic E-state index is -1.07. The standard InChI is InChI=1S/C19H20N4O4/c1-18(16(24)21-17(25)22-18)12-4-2-11(3-5-12)14-20-15(27-23-14)13-10-19(13)6-8-26-9-7-19/h2-5,13H,6-10H2,1H3,(H2,21,22,24,25). The number of aromatic nitrogens is 2. The van der Waals surface area contributed by atoms with Gasteiger partial charge in [-0.2, -0.15) is 4.98 Å². The molecular formula is C19H20N4O4. The van der Waals surface area contributed by atoms with Crippen molar-refractivity contribution in [1.82, 2.24) is 20.8 Å². The van der Waals surface area contributed by atoms with Crippen LogP contribution in [0.25, 0.3) is 11.4 Å². The normalized spacial score (nSPS) is 28.9. The van der Waals surface area contributed by atoms with Crippen LogP contribution in [0.2, 0.25) is 0 Å². The second-order valence-corrected chi connectivity index (χ2v) is 7.80. The van der Waals surface area contributed by atoms with Crippen LogP contribution in [-0.4, -0.2) is 35.3 Å². The van der Waals surface area contributed by atoms with E-state index in [0.717, 1.165) is 38.0 Å². The highest BCUT2D eigenvalue weighted by Crippen LogP contribution is 2.64. The average Bonchev–Trinajstić information content (AvgIpc) is 3.02. The van der Waals surface area contributed by atoms with E-state index in [2.05, 4.69) is 20.8 Å². The summed E-state index contributed by atoms with van der Waals surface area (Å²) in [5.74, 6) is 1.21. The largest absolute Gasteiger partial charge is 0.381 e. The summed E-state index contributed by atoms with van der Waals surface area (Å²) in [5, 5.41) is 9.05. The minimum absolute atomic E-state index is 0.286. The van der Waals surface area contributed by atoms with Gasteiger partial charge in [0.1, 0.15) is 5.54 Å². The topological polar surface area (TPSA) is 106 Å². The van der Waals surface area contributed by atoms with E-state index < -0.39 is 11.6 Å². The van der Waals surface area contributed by atoms with Crippen LogP contribution >= 0.6 is 0 Å². The summed E-state index contributed by atoms with van der Waals surface area (Å²) >= 11 is 0. The second kappa shape index (κ2) is 5.63. The zero-order valence-corrected chi connectivity index (χ0v) is 14.9. The molecule has 3 fully saturated rings.